The molecule has 4 heteroatoms. The van der Waals surface area contributed by atoms with Gasteiger partial charge >= 0.3 is 0 Å². The standard InChI is InChI=1S/C13H17N2O2/c1-3-15(10-9-14-11(2)16)13(17)12-7-5-4-6-8-12/h4-8H,1,3,9-10H2,2H3,(H,14,16). The van der Waals surface area contributed by atoms with Crippen molar-refractivity contribution in [1.82, 2.24) is 10.2 Å². The van der Waals surface area contributed by atoms with Gasteiger partial charge in [0, 0.05) is 32.1 Å². The van der Waals surface area contributed by atoms with Gasteiger partial charge in [0.15, 0.2) is 0 Å². The lowest BCUT2D eigenvalue weighted by molar-refractivity contribution is -0.119. The zero-order chi connectivity index (χ0) is 12.7. The summed E-state index contributed by atoms with van der Waals surface area (Å²) < 4.78 is 0. The number of benzene rings is 1. The van der Waals surface area contributed by atoms with Crippen LogP contribution in [0.25, 0.3) is 0 Å². The van der Waals surface area contributed by atoms with Gasteiger partial charge in [0.25, 0.3) is 5.91 Å². The van der Waals surface area contributed by atoms with Crippen LogP contribution < -0.4 is 5.32 Å². The highest BCUT2D eigenvalue weighted by atomic mass is 16.2. The summed E-state index contributed by atoms with van der Waals surface area (Å²) in [5.41, 5.74) is 0.638. The van der Waals surface area contributed by atoms with E-state index in [0.717, 1.165) is 0 Å². The van der Waals surface area contributed by atoms with Crippen LogP contribution >= 0.6 is 0 Å². The molecule has 0 bridgehead atoms. The lowest BCUT2D eigenvalue weighted by Crippen LogP contribution is -2.37. The Bertz CT molecular complexity index is 376. The first-order valence-electron chi connectivity index (χ1n) is 5.53. The zero-order valence-corrected chi connectivity index (χ0v) is 9.98. The number of rotatable bonds is 5. The molecule has 4 nitrogen and oxygen atoms in total. The van der Waals surface area contributed by atoms with Crippen LogP contribution in [-0.2, 0) is 4.79 Å². The minimum Gasteiger partial charge on any atom is -0.355 e. The Labute approximate surface area is 102 Å². The van der Waals surface area contributed by atoms with Gasteiger partial charge in [-0.05, 0) is 19.1 Å². The third-order valence-corrected chi connectivity index (χ3v) is 2.33. The third-order valence-electron chi connectivity index (χ3n) is 2.33. The molecule has 17 heavy (non-hydrogen) atoms. The summed E-state index contributed by atoms with van der Waals surface area (Å²) in [5.74, 6) is -0.160. The number of nitrogens with one attached hydrogen (secondary N) is 1. The Hall–Kier alpha value is -1.84. The van der Waals surface area contributed by atoms with Crippen molar-refractivity contribution in [2.24, 2.45) is 0 Å². The molecule has 91 valence electrons. The van der Waals surface area contributed by atoms with E-state index in [0.29, 0.717) is 25.2 Å². The number of nitrogens with zero attached hydrogens (tertiary/aromatic N) is 1. The van der Waals surface area contributed by atoms with Crippen LogP contribution in [0.15, 0.2) is 30.3 Å². The number of carbonyl (C=O) groups excluding carboxylic acids is 2. The second-order valence-electron chi connectivity index (χ2n) is 3.64. The fourth-order valence-electron chi connectivity index (χ4n) is 1.45. The van der Waals surface area contributed by atoms with E-state index >= 15 is 0 Å². The molecule has 0 saturated carbocycles. The summed E-state index contributed by atoms with van der Waals surface area (Å²) in [6.07, 6.45) is 0. The van der Waals surface area contributed by atoms with Crippen molar-refractivity contribution in [1.29, 1.82) is 0 Å². The fraction of sp³-hybridized carbons (Fsp3) is 0.308. The van der Waals surface area contributed by atoms with E-state index in [9.17, 15) is 9.59 Å². The minimum absolute atomic E-state index is 0.0639. The van der Waals surface area contributed by atoms with E-state index in [1.807, 2.05) is 18.2 Å². The molecular weight excluding hydrogens is 216 g/mol. The molecular formula is C13H17N2O2. The number of amides is 2. The molecule has 0 heterocycles. The number of carbonyl (C=O) groups is 2. The fourth-order valence-corrected chi connectivity index (χ4v) is 1.45. The predicted molar refractivity (Wildman–Crippen MR) is 66.4 cm³/mol. The van der Waals surface area contributed by atoms with E-state index < -0.39 is 0 Å². The van der Waals surface area contributed by atoms with Crippen LogP contribution in [0.2, 0.25) is 0 Å². The molecule has 0 aliphatic carbocycles. The first-order valence-corrected chi connectivity index (χ1v) is 5.53. The normalized spacial score (nSPS) is 9.76. The van der Waals surface area contributed by atoms with Gasteiger partial charge in [-0.3, -0.25) is 9.59 Å². The molecule has 0 spiro atoms. The predicted octanol–water partition coefficient (Wildman–Crippen LogP) is 1.10. The average molecular weight is 233 g/mol. The van der Waals surface area contributed by atoms with Gasteiger partial charge in [-0.1, -0.05) is 18.2 Å². The molecule has 1 aromatic carbocycles. The van der Waals surface area contributed by atoms with Crippen LogP contribution in [0, 0.1) is 6.92 Å². The molecule has 1 N–H and O–H groups in total. The molecule has 0 aromatic heterocycles. The molecule has 0 fully saturated rings. The summed E-state index contributed by atoms with van der Waals surface area (Å²) >= 11 is 0. The van der Waals surface area contributed by atoms with Crippen LogP contribution in [0.5, 0.6) is 0 Å². The molecule has 0 saturated heterocycles. The summed E-state index contributed by atoms with van der Waals surface area (Å²) in [7, 11) is 0. The maximum Gasteiger partial charge on any atom is 0.253 e. The van der Waals surface area contributed by atoms with Crippen molar-refractivity contribution in [3.8, 4) is 0 Å². The Balaban J connectivity index is 2.56. The largest absolute Gasteiger partial charge is 0.355 e. The molecule has 1 radical (unpaired) electrons. The van der Waals surface area contributed by atoms with Crippen LogP contribution in [0.4, 0.5) is 0 Å². The summed E-state index contributed by atoms with van der Waals surface area (Å²) in [5, 5.41) is 2.66. The van der Waals surface area contributed by atoms with Crippen molar-refractivity contribution in [2.45, 2.75) is 6.92 Å². The summed E-state index contributed by atoms with van der Waals surface area (Å²) in [6.45, 7) is 6.47. The monoisotopic (exact) mass is 233 g/mol. The number of hydrogen-bond donors (Lipinski definition) is 1. The highest BCUT2D eigenvalue weighted by molar-refractivity contribution is 5.94. The smallest absolute Gasteiger partial charge is 0.253 e. The van der Waals surface area contributed by atoms with Gasteiger partial charge in [-0.2, -0.15) is 0 Å². The molecule has 1 rings (SSSR count). The van der Waals surface area contributed by atoms with Gasteiger partial charge in [0.1, 0.15) is 0 Å². The van der Waals surface area contributed by atoms with Crippen LogP contribution in [0.1, 0.15) is 17.3 Å². The van der Waals surface area contributed by atoms with Gasteiger partial charge in [-0.25, -0.2) is 0 Å². The first-order chi connectivity index (χ1) is 8.15. The van der Waals surface area contributed by atoms with Gasteiger partial charge in [-0.15, -0.1) is 0 Å². The average Bonchev–Trinajstić information content (AvgIpc) is 2.34. The van der Waals surface area contributed by atoms with E-state index in [4.69, 9.17) is 0 Å². The minimum atomic E-state index is -0.0961. The van der Waals surface area contributed by atoms with Gasteiger partial charge in [0.2, 0.25) is 5.91 Å². The van der Waals surface area contributed by atoms with Gasteiger partial charge in [0.05, 0.1) is 0 Å². The van der Waals surface area contributed by atoms with Crippen LogP contribution in [-0.4, -0.2) is 36.3 Å². The molecule has 2 amide bonds. The molecule has 0 aliphatic rings. The number of hydrogen-bond acceptors (Lipinski definition) is 2. The SMILES string of the molecule is [CH2]CN(CCNC(C)=O)C(=O)c1ccccc1. The summed E-state index contributed by atoms with van der Waals surface area (Å²) in [4.78, 5) is 24.4. The third kappa shape index (κ3) is 4.26. The Kier molecular flexibility index (Phi) is 5.20. The highest BCUT2D eigenvalue weighted by Gasteiger charge is 2.12. The Morgan fingerprint density at radius 3 is 2.47 bits per heavy atom. The molecule has 0 unspecified atom stereocenters. The second kappa shape index (κ2) is 6.68. The van der Waals surface area contributed by atoms with E-state index in [1.165, 1.54) is 6.92 Å². The maximum atomic E-state index is 12.0. The van der Waals surface area contributed by atoms with Crippen LogP contribution in [0.3, 0.4) is 0 Å². The van der Waals surface area contributed by atoms with Crippen molar-refractivity contribution < 1.29 is 9.59 Å². The van der Waals surface area contributed by atoms with Crippen molar-refractivity contribution >= 4 is 11.8 Å². The first kappa shape index (κ1) is 13.2. The topological polar surface area (TPSA) is 49.4 Å². The molecule has 0 atom stereocenters. The van der Waals surface area contributed by atoms with Crippen molar-refractivity contribution in [3.05, 3.63) is 42.8 Å². The van der Waals surface area contributed by atoms with E-state index in [-0.39, 0.29) is 11.8 Å². The molecule has 1 aromatic rings. The highest BCUT2D eigenvalue weighted by Crippen LogP contribution is 2.03. The Morgan fingerprint density at radius 1 is 1.29 bits per heavy atom. The zero-order valence-electron chi connectivity index (χ0n) is 9.98. The molecule has 0 aliphatic heterocycles. The van der Waals surface area contributed by atoms with E-state index in [2.05, 4.69) is 12.2 Å². The van der Waals surface area contributed by atoms with Gasteiger partial charge < -0.3 is 10.2 Å². The quantitative estimate of drug-likeness (QED) is 0.828. The Morgan fingerprint density at radius 2 is 1.94 bits per heavy atom. The lowest BCUT2D eigenvalue weighted by Gasteiger charge is -2.20. The van der Waals surface area contributed by atoms with Crippen molar-refractivity contribution in [2.75, 3.05) is 19.6 Å². The van der Waals surface area contributed by atoms with E-state index in [1.54, 1.807) is 17.0 Å². The lowest BCUT2D eigenvalue weighted by atomic mass is 10.2. The second-order valence-corrected chi connectivity index (χ2v) is 3.64. The maximum absolute atomic E-state index is 12.0. The van der Waals surface area contributed by atoms with Crippen molar-refractivity contribution in [3.63, 3.8) is 0 Å². The summed E-state index contributed by atoms with van der Waals surface area (Å²) in [6, 6.07) is 9.04.